The molecule has 0 aliphatic rings. The SMILES string of the molecule is CC(C)(C)CCn1c(N)nc2ccc(F)cc21. The molecule has 1 aromatic heterocycles. The van der Waals surface area contributed by atoms with Crippen LogP contribution < -0.4 is 5.73 Å². The van der Waals surface area contributed by atoms with E-state index in [-0.39, 0.29) is 11.2 Å². The first-order valence-corrected chi connectivity index (χ1v) is 5.78. The number of hydrogen-bond acceptors (Lipinski definition) is 2. The van der Waals surface area contributed by atoms with E-state index in [4.69, 9.17) is 5.73 Å². The second-order valence-electron chi connectivity index (χ2n) is 5.57. The van der Waals surface area contributed by atoms with Crippen LogP contribution in [0.2, 0.25) is 0 Å². The Morgan fingerprint density at radius 1 is 1.35 bits per heavy atom. The Bertz CT molecular complexity index is 537. The number of fused-ring (bicyclic) bond motifs is 1. The molecule has 4 heteroatoms. The second kappa shape index (κ2) is 4.02. The predicted molar refractivity (Wildman–Crippen MR) is 68.2 cm³/mol. The van der Waals surface area contributed by atoms with Gasteiger partial charge >= 0.3 is 0 Å². The molecule has 0 aliphatic carbocycles. The number of aryl methyl sites for hydroxylation is 1. The highest BCUT2D eigenvalue weighted by Gasteiger charge is 2.14. The maximum absolute atomic E-state index is 13.2. The third-order valence-electron chi connectivity index (χ3n) is 2.83. The highest BCUT2D eigenvalue weighted by molar-refractivity contribution is 5.78. The fourth-order valence-electron chi connectivity index (χ4n) is 1.80. The Kier molecular flexibility index (Phi) is 2.81. The summed E-state index contributed by atoms with van der Waals surface area (Å²) in [5, 5.41) is 0. The van der Waals surface area contributed by atoms with Crippen LogP contribution in [0.5, 0.6) is 0 Å². The van der Waals surface area contributed by atoms with E-state index < -0.39 is 0 Å². The molecule has 2 aromatic rings. The number of aromatic nitrogens is 2. The van der Waals surface area contributed by atoms with Crippen molar-refractivity contribution in [3.63, 3.8) is 0 Å². The van der Waals surface area contributed by atoms with Crippen LogP contribution >= 0.6 is 0 Å². The number of anilines is 1. The first-order chi connectivity index (χ1) is 7.87. The minimum atomic E-state index is -0.255. The van der Waals surface area contributed by atoms with Crippen molar-refractivity contribution in [2.24, 2.45) is 5.41 Å². The average molecular weight is 235 g/mol. The molecule has 0 fully saturated rings. The van der Waals surface area contributed by atoms with Gasteiger partial charge in [-0.05, 0) is 30.0 Å². The van der Waals surface area contributed by atoms with Gasteiger partial charge in [0.05, 0.1) is 11.0 Å². The summed E-state index contributed by atoms with van der Waals surface area (Å²) < 4.78 is 15.1. The summed E-state index contributed by atoms with van der Waals surface area (Å²) in [5.41, 5.74) is 7.60. The lowest BCUT2D eigenvalue weighted by atomic mass is 9.92. The Balaban J connectivity index is 2.38. The smallest absolute Gasteiger partial charge is 0.201 e. The maximum atomic E-state index is 13.2. The molecule has 2 N–H and O–H groups in total. The molecule has 17 heavy (non-hydrogen) atoms. The van der Waals surface area contributed by atoms with Crippen molar-refractivity contribution in [1.29, 1.82) is 0 Å². The van der Waals surface area contributed by atoms with Gasteiger partial charge in [-0.15, -0.1) is 0 Å². The van der Waals surface area contributed by atoms with Gasteiger partial charge in [0.15, 0.2) is 0 Å². The summed E-state index contributed by atoms with van der Waals surface area (Å²) in [6.45, 7) is 7.27. The fraction of sp³-hybridized carbons (Fsp3) is 0.462. The van der Waals surface area contributed by atoms with Crippen LogP contribution in [0, 0.1) is 11.2 Å². The quantitative estimate of drug-likeness (QED) is 0.868. The van der Waals surface area contributed by atoms with Gasteiger partial charge in [-0.2, -0.15) is 0 Å². The van der Waals surface area contributed by atoms with Crippen molar-refractivity contribution in [2.45, 2.75) is 33.7 Å². The zero-order valence-corrected chi connectivity index (χ0v) is 10.5. The number of nitrogens with two attached hydrogens (primary N) is 1. The molecule has 0 saturated carbocycles. The molecule has 0 atom stereocenters. The topological polar surface area (TPSA) is 43.8 Å². The molecule has 0 radical (unpaired) electrons. The van der Waals surface area contributed by atoms with Gasteiger partial charge in [-0.25, -0.2) is 9.37 Å². The molecule has 3 nitrogen and oxygen atoms in total. The zero-order valence-electron chi connectivity index (χ0n) is 10.5. The zero-order chi connectivity index (χ0) is 12.6. The van der Waals surface area contributed by atoms with Crippen molar-refractivity contribution in [3.05, 3.63) is 24.0 Å². The molecule has 0 amide bonds. The third-order valence-corrected chi connectivity index (χ3v) is 2.83. The molecule has 0 aliphatic heterocycles. The lowest BCUT2D eigenvalue weighted by molar-refractivity contribution is 0.354. The minimum absolute atomic E-state index is 0.219. The van der Waals surface area contributed by atoms with E-state index in [1.165, 1.54) is 12.1 Å². The average Bonchev–Trinajstić information content (AvgIpc) is 2.49. The van der Waals surface area contributed by atoms with Crippen LogP contribution in [0.3, 0.4) is 0 Å². The first kappa shape index (κ1) is 11.9. The van der Waals surface area contributed by atoms with Crippen molar-refractivity contribution in [2.75, 3.05) is 5.73 Å². The third kappa shape index (κ3) is 2.57. The molecule has 0 saturated heterocycles. The van der Waals surface area contributed by atoms with Gasteiger partial charge in [-0.3, -0.25) is 0 Å². The number of nitrogens with zero attached hydrogens (tertiary/aromatic N) is 2. The summed E-state index contributed by atoms with van der Waals surface area (Å²) in [5.74, 6) is 0.198. The molecular formula is C13H18FN3. The van der Waals surface area contributed by atoms with Crippen molar-refractivity contribution < 1.29 is 4.39 Å². The highest BCUT2D eigenvalue weighted by atomic mass is 19.1. The van der Waals surface area contributed by atoms with Gasteiger partial charge in [0.25, 0.3) is 0 Å². The Hall–Kier alpha value is -1.58. The number of halogens is 1. The van der Waals surface area contributed by atoms with Crippen LogP contribution in [0.25, 0.3) is 11.0 Å². The minimum Gasteiger partial charge on any atom is -0.369 e. The molecule has 2 rings (SSSR count). The largest absolute Gasteiger partial charge is 0.369 e. The number of rotatable bonds is 2. The van der Waals surface area contributed by atoms with Crippen LogP contribution in [-0.2, 0) is 6.54 Å². The van der Waals surface area contributed by atoms with Crippen LogP contribution in [0.15, 0.2) is 18.2 Å². The molecular weight excluding hydrogens is 217 g/mol. The van der Waals surface area contributed by atoms with Gasteiger partial charge in [0.1, 0.15) is 5.82 Å². The van der Waals surface area contributed by atoms with Crippen molar-refractivity contribution in [3.8, 4) is 0 Å². The number of hydrogen-bond donors (Lipinski definition) is 1. The van der Waals surface area contributed by atoms with E-state index in [0.717, 1.165) is 24.0 Å². The fourth-order valence-corrected chi connectivity index (χ4v) is 1.80. The van der Waals surface area contributed by atoms with E-state index in [2.05, 4.69) is 25.8 Å². The van der Waals surface area contributed by atoms with Crippen molar-refractivity contribution in [1.82, 2.24) is 9.55 Å². The standard InChI is InChI=1S/C13H18FN3/c1-13(2,3)6-7-17-11-8-9(14)4-5-10(11)16-12(17)15/h4-5,8H,6-7H2,1-3H3,(H2,15,16). The number of benzene rings is 1. The predicted octanol–water partition coefficient (Wildman–Crippen LogP) is 3.19. The van der Waals surface area contributed by atoms with E-state index >= 15 is 0 Å². The van der Waals surface area contributed by atoms with E-state index in [1.807, 2.05) is 4.57 Å². The van der Waals surface area contributed by atoms with Gasteiger partial charge < -0.3 is 10.3 Å². The molecule has 0 bridgehead atoms. The van der Waals surface area contributed by atoms with Gasteiger partial charge in [-0.1, -0.05) is 20.8 Å². The Morgan fingerprint density at radius 3 is 2.71 bits per heavy atom. The molecule has 0 unspecified atom stereocenters. The van der Waals surface area contributed by atoms with Crippen LogP contribution in [-0.4, -0.2) is 9.55 Å². The summed E-state index contributed by atoms with van der Waals surface area (Å²) in [7, 11) is 0. The molecule has 1 heterocycles. The van der Waals surface area contributed by atoms with Crippen LogP contribution in [0.4, 0.5) is 10.3 Å². The summed E-state index contributed by atoms with van der Waals surface area (Å²) in [4.78, 5) is 4.23. The van der Waals surface area contributed by atoms with E-state index in [9.17, 15) is 4.39 Å². The first-order valence-electron chi connectivity index (χ1n) is 5.78. The lowest BCUT2D eigenvalue weighted by Crippen LogP contribution is -2.12. The van der Waals surface area contributed by atoms with Gasteiger partial charge in [0.2, 0.25) is 5.95 Å². The van der Waals surface area contributed by atoms with Crippen molar-refractivity contribution >= 4 is 17.0 Å². The lowest BCUT2D eigenvalue weighted by Gasteiger charge is -2.18. The summed E-state index contributed by atoms with van der Waals surface area (Å²) in [6.07, 6.45) is 0.971. The van der Waals surface area contributed by atoms with E-state index in [0.29, 0.717) is 5.95 Å². The number of nitrogen functional groups attached to an aromatic ring is 1. The highest BCUT2D eigenvalue weighted by Crippen LogP contribution is 2.24. The molecule has 1 aromatic carbocycles. The van der Waals surface area contributed by atoms with E-state index in [1.54, 1.807) is 6.07 Å². The summed E-state index contributed by atoms with van der Waals surface area (Å²) >= 11 is 0. The molecule has 0 spiro atoms. The van der Waals surface area contributed by atoms with Gasteiger partial charge in [0, 0.05) is 6.54 Å². The Labute approximate surface area is 100 Å². The monoisotopic (exact) mass is 235 g/mol. The second-order valence-corrected chi connectivity index (χ2v) is 5.57. The molecule has 92 valence electrons. The Morgan fingerprint density at radius 2 is 2.06 bits per heavy atom. The summed E-state index contributed by atoms with van der Waals surface area (Å²) in [6, 6.07) is 4.55. The normalized spacial score (nSPS) is 12.2. The maximum Gasteiger partial charge on any atom is 0.201 e. The number of imidazole rings is 1. The van der Waals surface area contributed by atoms with Crippen LogP contribution in [0.1, 0.15) is 27.2 Å².